The molecular formula is C19H19N5O2S. The zero-order valence-corrected chi connectivity index (χ0v) is 15.6. The average Bonchev–Trinajstić information content (AvgIpc) is 3.22. The number of carbonyl (C=O) groups excluding carboxylic acids is 1. The van der Waals surface area contributed by atoms with Crippen LogP contribution in [-0.2, 0) is 0 Å². The molecule has 3 aromatic rings. The van der Waals surface area contributed by atoms with Gasteiger partial charge >= 0.3 is 0 Å². The molecule has 8 heteroatoms. The van der Waals surface area contributed by atoms with Crippen LogP contribution in [0.4, 0.5) is 5.82 Å². The van der Waals surface area contributed by atoms with E-state index in [-0.39, 0.29) is 5.91 Å². The molecule has 4 heterocycles. The molecule has 0 unspecified atom stereocenters. The highest BCUT2D eigenvalue weighted by atomic mass is 32.1. The van der Waals surface area contributed by atoms with Crippen molar-refractivity contribution in [2.45, 2.75) is 18.8 Å². The minimum Gasteiger partial charge on any atom is -0.353 e. The molecule has 2 fully saturated rings. The van der Waals surface area contributed by atoms with Crippen molar-refractivity contribution in [2.24, 2.45) is 0 Å². The van der Waals surface area contributed by atoms with Crippen LogP contribution in [0.5, 0.6) is 0 Å². The summed E-state index contributed by atoms with van der Waals surface area (Å²) in [5.41, 5.74) is 0.862. The number of carbonyl (C=O) groups is 1. The summed E-state index contributed by atoms with van der Waals surface area (Å²) < 4.78 is 5.32. The van der Waals surface area contributed by atoms with Crippen LogP contribution in [0.15, 0.2) is 40.4 Å². The van der Waals surface area contributed by atoms with Gasteiger partial charge in [0.1, 0.15) is 5.82 Å². The first-order valence-electron chi connectivity index (χ1n) is 9.16. The molecule has 0 radical (unpaired) electrons. The molecule has 5 rings (SSSR count). The SMILES string of the molecule is O=C(c1cccs1)N1CCN(c2ccc(-c3noc(C4CC4)n3)cn2)CC1. The van der Waals surface area contributed by atoms with Crippen LogP contribution in [0.25, 0.3) is 11.4 Å². The monoisotopic (exact) mass is 381 g/mol. The fourth-order valence-corrected chi connectivity index (χ4v) is 3.94. The summed E-state index contributed by atoms with van der Waals surface area (Å²) in [5, 5.41) is 6.00. The maximum Gasteiger partial charge on any atom is 0.264 e. The lowest BCUT2D eigenvalue weighted by atomic mass is 10.2. The number of thiophene rings is 1. The van der Waals surface area contributed by atoms with Gasteiger partial charge in [0.05, 0.1) is 4.88 Å². The number of piperazine rings is 1. The number of amides is 1. The molecule has 1 aliphatic carbocycles. The van der Waals surface area contributed by atoms with Gasteiger partial charge in [-0.05, 0) is 36.4 Å². The predicted molar refractivity (Wildman–Crippen MR) is 102 cm³/mol. The summed E-state index contributed by atoms with van der Waals surface area (Å²) in [6.07, 6.45) is 4.07. The molecule has 2 aliphatic rings. The molecule has 0 N–H and O–H groups in total. The summed E-state index contributed by atoms with van der Waals surface area (Å²) in [5.74, 6) is 2.82. The summed E-state index contributed by atoms with van der Waals surface area (Å²) in [4.78, 5) is 26.4. The van der Waals surface area contributed by atoms with Crippen LogP contribution in [0, 0.1) is 0 Å². The topological polar surface area (TPSA) is 75.4 Å². The van der Waals surface area contributed by atoms with Crippen molar-refractivity contribution in [3.8, 4) is 11.4 Å². The Kier molecular flexibility index (Phi) is 4.12. The smallest absolute Gasteiger partial charge is 0.264 e. The predicted octanol–water partition coefficient (Wildman–Crippen LogP) is 3.03. The van der Waals surface area contributed by atoms with E-state index in [1.54, 1.807) is 6.20 Å². The van der Waals surface area contributed by atoms with Crippen LogP contribution in [-0.4, -0.2) is 52.1 Å². The molecular weight excluding hydrogens is 362 g/mol. The first-order valence-corrected chi connectivity index (χ1v) is 10.0. The Hall–Kier alpha value is -2.74. The lowest BCUT2D eigenvalue weighted by Crippen LogP contribution is -2.48. The summed E-state index contributed by atoms with van der Waals surface area (Å²) in [6, 6.07) is 7.76. The van der Waals surface area contributed by atoms with Crippen LogP contribution in [0.2, 0.25) is 0 Å². The lowest BCUT2D eigenvalue weighted by molar-refractivity contribution is 0.0751. The summed E-state index contributed by atoms with van der Waals surface area (Å²) in [7, 11) is 0. The number of hydrogen-bond acceptors (Lipinski definition) is 7. The maximum absolute atomic E-state index is 12.4. The number of aromatic nitrogens is 3. The summed E-state index contributed by atoms with van der Waals surface area (Å²) >= 11 is 1.49. The minimum atomic E-state index is 0.122. The largest absolute Gasteiger partial charge is 0.353 e. The molecule has 0 bridgehead atoms. The molecule has 1 amide bonds. The van der Waals surface area contributed by atoms with Gasteiger partial charge in [0.2, 0.25) is 11.7 Å². The second kappa shape index (κ2) is 6.77. The average molecular weight is 381 g/mol. The first-order chi connectivity index (χ1) is 13.3. The lowest BCUT2D eigenvalue weighted by Gasteiger charge is -2.35. The van der Waals surface area contributed by atoms with E-state index >= 15 is 0 Å². The quantitative estimate of drug-likeness (QED) is 0.691. The molecule has 1 saturated carbocycles. The maximum atomic E-state index is 12.4. The van der Waals surface area contributed by atoms with Crippen molar-refractivity contribution in [2.75, 3.05) is 31.1 Å². The van der Waals surface area contributed by atoms with Crippen LogP contribution < -0.4 is 4.90 Å². The van der Waals surface area contributed by atoms with Gasteiger partial charge in [0, 0.05) is 43.9 Å². The molecule has 1 saturated heterocycles. The molecule has 0 spiro atoms. The Balaban J connectivity index is 1.22. The van der Waals surface area contributed by atoms with Gasteiger partial charge in [0.25, 0.3) is 5.91 Å². The molecule has 0 atom stereocenters. The fourth-order valence-electron chi connectivity index (χ4n) is 3.25. The Morgan fingerprint density at radius 3 is 2.67 bits per heavy atom. The van der Waals surface area contributed by atoms with E-state index in [2.05, 4.69) is 20.0 Å². The second-order valence-corrected chi connectivity index (χ2v) is 7.84. The van der Waals surface area contributed by atoms with Gasteiger partial charge in [-0.2, -0.15) is 4.98 Å². The number of pyridine rings is 1. The third kappa shape index (κ3) is 3.32. The zero-order chi connectivity index (χ0) is 18.2. The van der Waals surface area contributed by atoms with Gasteiger partial charge in [0.15, 0.2) is 0 Å². The Morgan fingerprint density at radius 2 is 2.00 bits per heavy atom. The standard InChI is InChI=1S/C19H19N5O2S/c25-19(15-2-1-11-27-15)24-9-7-23(8-10-24)16-6-5-14(12-20-16)17-21-18(26-22-17)13-3-4-13/h1-2,5-6,11-13H,3-4,7-10H2. The summed E-state index contributed by atoms with van der Waals surface area (Å²) in [6.45, 7) is 2.96. The molecule has 0 aromatic carbocycles. The fraction of sp³-hybridized carbons (Fsp3) is 0.368. The van der Waals surface area contributed by atoms with Crippen molar-refractivity contribution >= 4 is 23.1 Å². The second-order valence-electron chi connectivity index (χ2n) is 6.89. The highest BCUT2D eigenvalue weighted by molar-refractivity contribution is 7.12. The van der Waals surface area contributed by atoms with Crippen molar-refractivity contribution in [3.05, 3.63) is 46.6 Å². The van der Waals surface area contributed by atoms with E-state index in [0.717, 1.165) is 48.1 Å². The van der Waals surface area contributed by atoms with E-state index in [9.17, 15) is 4.79 Å². The van der Waals surface area contributed by atoms with Crippen molar-refractivity contribution in [3.63, 3.8) is 0 Å². The van der Waals surface area contributed by atoms with E-state index in [0.29, 0.717) is 24.8 Å². The third-order valence-electron chi connectivity index (χ3n) is 5.00. The number of anilines is 1. The highest BCUT2D eigenvalue weighted by Crippen LogP contribution is 2.39. The van der Waals surface area contributed by atoms with Gasteiger partial charge < -0.3 is 14.3 Å². The Morgan fingerprint density at radius 1 is 1.15 bits per heavy atom. The van der Waals surface area contributed by atoms with Crippen molar-refractivity contribution in [1.29, 1.82) is 0 Å². The van der Waals surface area contributed by atoms with Crippen molar-refractivity contribution in [1.82, 2.24) is 20.0 Å². The van der Waals surface area contributed by atoms with Gasteiger partial charge in [-0.25, -0.2) is 4.98 Å². The zero-order valence-electron chi connectivity index (χ0n) is 14.7. The first kappa shape index (κ1) is 16.4. The number of hydrogen-bond donors (Lipinski definition) is 0. The van der Waals surface area contributed by atoms with E-state index in [4.69, 9.17) is 4.52 Å². The molecule has 1 aliphatic heterocycles. The Labute approximate surface area is 160 Å². The normalized spacial score (nSPS) is 17.3. The van der Waals surface area contributed by atoms with E-state index in [1.165, 1.54) is 11.3 Å². The van der Waals surface area contributed by atoms with Gasteiger partial charge in [-0.15, -0.1) is 11.3 Å². The van der Waals surface area contributed by atoms with Gasteiger partial charge in [-0.3, -0.25) is 4.79 Å². The molecule has 7 nitrogen and oxygen atoms in total. The van der Waals surface area contributed by atoms with Crippen LogP contribution >= 0.6 is 11.3 Å². The number of rotatable bonds is 4. The van der Waals surface area contributed by atoms with Crippen LogP contribution in [0.3, 0.4) is 0 Å². The van der Waals surface area contributed by atoms with Crippen molar-refractivity contribution < 1.29 is 9.32 Å². The minimum absolute atomic E-state index is 0.122. The van der Waals surface area contributed by atoms with E-state index in [1.807, 2.05) is 34.5 Å². The number of nitrogens with zero attached hydrogens (tertiary/aromatic N) is 5. The molecule has 27 heavy (non-hydrogen) atoms. The molecule has 3 aromatic heterocycles. The molecule has 138 valence electrons. The third-order valence-corrected chi connectivity index (χ3v) is 5.86. The van der Waals surface area contributed by atoms with E-state index < -0.39 is 0 Å². The van der Waals surface area contributed by atoms with Gasteiger partial charge in [-0.1, -0.05) is 11.2 Å². The Bertz CT molecular complexity index is 925. The van der Waals surface area contributed by atoms with Crippen LogP contribution in [0.1, 0.15) is 34.3 Å². The highest BCUT2D eigenvalue weighted by Gasteiger charge is 2.30.